The van der Waals surface area contributed by atoms with Crippen molar-refractivity contribution in [1.29, 1.82) is 0 Å². The number of phenolic OH excluding ortho intramolecular Hbond substituents is 1. The summed E-state index contributed by atoms with van der Waals surface area (Å²) < 4.78 is 11.8. The third kappa shape index (κ3) is 3.83. The topological polar surface area (TPSA) is 38.7 Å². The molecule has 17 heavy (non-hydrogen) atoms. The summed E-state index contributed by atoms with van der Waals surface area (Å²) in [4.78, 5) is 0. The quantitative estimate of drug-likeness (QED) is 0.760. The summed E-state index contributed by atoms with van der Waals surface area (Å²) in [6, 6.07) is 9.00. The van der Waals surface area contributed by atoms with Crippen molar-refractivity contribution in [3.63, 3.8) is 0 Å². The molecule has 0 bridgehead atoms. The largest absolute Gasteiger partial charge is 0.508 e. The molecule has 0 fully saturated rings. The Balaban J connectivity index is 2.88. The average Bonchev–Trinajstić information content (AvgIpc) is 2.33. The SMILES string of the molecule is CCO[Si](CC)(Cc1ccccc1O)OCC. The monoisotopic (exact) mass is 254 g/mol. The molecule has 0 heterocycles. The molecule has 0 unspecified atom stereocenters. The maximum absolute atomic E-state index is 9.82. The molecule has 3 nitrogen and oxygen atoms in total. The van der Waals surface area contributed by atoms with Crippen molar-refractivity contribution in [2.75, 3.05) is 13.2 Å². The summed E-state index contributed by atoms with van der Waals surface area (Å²) in [6.07, 6.45) is 0. The van der Waals surface area contributed by atoms with Gasteiger partial charge in [0.05, 0.1) is 0 Å². The molecule has 1 aromatic rings. The molecule has 0 saturated heterocycles. The molecule has 1 aromatic carbocycles. The lowest BCUT2D eigenvalue weighted by atomic mass is 10.2. The van der Waals surface area contributed by atoms with Crippen LogP contribution >= 0.6 is 0 Å². The van der Waals surface area contributed by atoms with Gasteiger partial charge in [0.15, 0.2) is 0 Å². The summed E-state index contributed by atoms with van der Waals surface area (Å²) >= 11 is 0. The molecule has 0 aromatic heterocycles. The maximum Gasteiger partial charge on any atom is 0.342 e. The van der Waals surface area contributed by atoms with Gasteiger partial charge >= 0.3 is 8.56 Å². The Morgan fingerprint density at radius 2 is 1.65 bits per heavy atom. The number of para-hydroxylation sites is 1. The van der Waals surface area contributed by atoms with Crippen molar-refractivity contribution >= 4 is 8.56 Å². The minimum atomic E-state index is -2.20. The van der Waals surface area contributed by atoms with Crippen LogP contribution in [0.2, 0.25) is 6.04 Å². The Kier molecular flexibility index (Phi) is 5.68. The molecule has 0 aliphatic rings. The fraction of sp³-hybridized carbons (Fsp3) is 0.538. The average molecular weight is 254 g/mol. The Hall–Kier alpha value is -0.843. The number of phenols is 1. The van der Waals surface area contributed by atoms with Crippen LogP contribution in [0.15, 0.2) is 24.3 Å². The smallest absolute Gasteiger partial charge is 0.342 e. The van der Waals surface area contributed by atoms with Gasteiger partial charge in [-0.2, -0.15) is 0 Å². The predicted molar refractivity (Wildman–Crippen MR) is 71.3 cm³/mol. The van der Waals surface area contributed by atoms with Crippen molar-refractivity contribution in [3.8, 4) is 5.75 Å². The van der Waals surface area contributed by atoms with Crippen molar-refractivity contribution in [1.82, 2.24) is 0 Å². The first kappa shape index (κ1) is 14.2. The summed E-state index contributed by atoms with van der Waals surface area (Å²) in [5.74, 6) is 0.331. The summed E-state index contributed by atoms with van der Waals surface area (Å²) in [5.41, 5.74) is 0.919. The van der Waals surface area contributed by atoms with E-state index in [0.29, 0.717) is 25.0 Å². The van der Waals surface area contributed by atoms with Gasteiger partial charge in [-0.1, -0.05) is 25.1 Å². The summed E-state index contributed by atoms with van der Waals surface area (Å²) in [5, 5.41) is 9.82. The van der Waals surface area contributed by atoms with Gasteiger partial charge in [0, 0.05) is 19.3 Å². The van der Waals surface area contributed by atoms with Crippen LogP contribution in [-0.2, 0) is 14.9 Å². The molecule has 0 aliphatic heterocycles. The maximum atomic E-state index is 9.82. The molecular weight excluding hydrogens is 232 g/mol. The molecule has 0 saturated carbocycles. The lowest BCUT2D eigenvalue weighted by molar-refractivity contribution is 0.182. The van der Waals surface area contributed by atoms with Gasteiger partial charge in [0.25, 0.3) is 0 Å². The van der Waals surface area contributed by atoms with Crippen LogP contribution in [0.4, 0.5) is 0 Å². The first-order valence-corrected chi connectivity index (χ1v) is 8.45. The van der Waals surface area contributed by atoms with Crippen LogP contribution in [0.5, 0.6) is 5.75 Å². The van der Waals surface area contributed by atoms with E-state index in [2.05, 4.69) is 6.92 Å². The summed E-state index contributed by atoms with van der Waals surface area (Å²) in [6.45, 7) is 7.39. The zero-order valence-electron chi connectivity index (χ0n) is 10.9. The lowest BCUT2D eigenvalue weighted by Crippen LogP contribution is -2.44. The second-order valence-corrected chi connectivity index (χ2v) is 7.40. The Morgan fingerprint density at radius 1 is 1.06 bits per heavy atom. The molecule has 96 valence electrons. The molecular formula is C13H22O3Si. The van der Waals surface area contributed by atoms with Gasteiger partial charge < -0.3 is 14.0 Å². The van der Waals surface area contributed by atoms with E-state index in [9.17, 15) is 5.11 Å². The molecule has 4 heteroatoms. The van der Waals surface area contributed by atoms with E-state index in [-0.39, 0.29) is 0 Å². The summed E-state index contributed by atoms with van der Waals surface area (Å²) in [7, 11) is -2.20. The van der Waals surface area contributed by atoms with Gasteiger partial charge in [0.1, 0.15) is 5.75 Å². The molecule has 0 spiro atoms. The number of hydrogen-bond acceptors (Lipinski definition) is 3. The molecule has 1 N–H and O–H groups in total. The third-order valence-corrected chi connectivity index (χ3v) is 6.43. The first-order chi connectivity index (χ1) is 8.17. The van der Waals surface area contributed by atoms with E-state index >= 15 is 0 Å². The normalized spacial score (nSPS) is 11.7. The lowest BCUT2D eigenvalue weighted by Gasteiger charge is -2.29. The van der Waals surface area contributed by atoms with Crippen molar-refractivity contribution in [2.24, 2.45) is 0 Å². The second-order valence-electron chi connectivity index (χ2n) is 3.94. The fourth-order valence-electron chi connectivity index (χ4n) is 1.95. The Morgan fingerprint density at radius 3 is 2.12 bits per heavy atom. The minimum absolute atomic E-state index is 0.331. The predicted octanol–water partition coefficient (Wildman–Crippen LogP) is 3.01. The van der Waals surface area contributed by atoms with Gasteiger partial charge in [-0.15, -0.1) is 0 Å². The van der Waals surface area contributed by atoms with Crippen LogP contribution < -0.4 is 0 Å². The van der Waals surface area contributed by atoms with Crippen molar-refractivity contribution in [2.45, 2.75) is 32.9 Å². The van der Waals surface area contributed by atoms with E-state index in [1.165, 1.54) is 0 Å². The Bertz CT molecular complexity index is 335. The number of hydrogen-bond donors (Lipinski definition) is 1. The Labute approximate surface area is 105 Å². The van der Waals surface area contributed by atoms with E-state index in [0.717, 1.165) is 11.6 Å². The molecule has 0 atom stereocenters. The zero-order chi connectivity index (χ0) is 12.7. The fourth-order valence-corrected chi connectivity index (χ4v) is 4.83. The highest BCUT2D eigenvalue weighted by Gasteiger charge is 2.35. The van der Waals surface area contributed by atoms with Gasteiger partial charge in [-0.3, -0.25) is 0 Å². The van der Waals surface area contributed by atoms with E-state index in [4.69, 9.17) is 8.85 Å². The molecule has 0 amide bonds. The number of aromatic hydroxyl groups is 1. The van der Waals surface area contributed by atoms with Gasteiger partial charge in [-0.25, -0.2) is 0 Å². The van der Waals surface area contributed by atoms with E-state index in [1.807, 2.05) is 32.0 Å². The minimum Gasteiger partial charge on any atom is -0.508 e. The first-order valence-electron chi connectivity index (χ1n) is 6.22. The van der Waals surface area contributed by atoms with Gasteiger partial charge in [0.2, 0.25) is 0 Å². The van der Waals surface area contributed by atoms with Crippen LogP contribution in [0.1, 0.15) is 26.3 Å². The molecule has 0 radical (unpaired) electrons. The molecule has 0 aliphatic carbocycles. The van der Waals surface area contributed by atoms with E-state index in [1.54, 1.807) is 6.07 Å². The van der Waals surface area contributed by atoms with Crippen LogP contribution in [-0.4, -0.2) is 26.9 Å². The second kappa shape index (κ2) is 6.79. The van der Waals surface area contributed by atoms with Crippen molar-refractivity contribution < 1.29 is 14.0 Å². The third-order valence-electron chi connectivity index (χ3n) is 2.80. The van der Waals surface area contributed by atoms with E-state index < -0.39 is 8.56 Å². The number of benzene rings is 1. The highest BCUT2D eigenvalue weighted by atomic mass is 28.4. The molecule has 1 rings (SSSR count). The standard InChI is InChI=1S/C13H22O3Si/c1-4-15-17(6-3,16-5-2)11-12-9-7-8-10-13(12)14/h7-10,14H,4-6,11H2,1-3H3. The number of rotatable bonds is 7. The van der Waals surface area contributed by atoms with Gasteiger partial charge in [-0.05, 0) is 31.5 Å². The zero-order valence-corrected chi connectivity index (χ0v) is 11.9. The van der Waals surface area contributed by atoms with Crippen LogP contribution in [0.25, 0.3) is 0 Å². The van der Waals surface area contributed by atoms with Crippen LogP contribution in [0.3, 0.4) is 0 Å². The van der Waals surface area contributed by atoms with Crippen molar-refractivity contribution in [3.05, 3.63) is 29.8 Å². The highest BCUT2D eigenvalue weighted by Crippen LogP contribution is 2.25. The van der Waals surface area contributed by atoms with Crippen LogP contribution in [0, 0.1) is 0 Å². The highest BCUT2D eigenvalue weighted by molar-refractivity contribution is 6.66.